The zero-order valence-corrected chi connectivity index (χ0v) is 15.6. The molecule has 0 aromatic rings. The SMILES string of the molecule is CN1C=CN(CCCS(=O)(=O)[O-])C1.[Cs+]. The van der Waals surface area contributed by atoms with E-state index in [1.165, 1.54) is 0 Å². The van der Waals surface area contributed by atoms with Crippen molar-refractivity contribution < 1.29 is 81.9 Å². The monoisotopic (exact) mass is 338 g/mol. The Hall–Kier alpha value is 1.30. The van der Waals surface area contributed by atoms with Crippen LogP contribution in [0.25, 0.3) is 0 Å². The van der Waals surface area contributed by atoms with E-state index in [-0.39, 0.29) is 74.6 Å². The maximum absolute atomic E-state index is 10.3. The van der Waals surface area contributed by atoms with Gasteiger partial charge in [-0.15, -0.1) is 0 Å². The van der Waals surface area contributed by atoms with E-state index >= 15 is 0 Å². The zero-order valence-electron chi connectivity index (χ0n) is 8.51. The molecule has 0 spiro atoms. The van der Waals surface area contributed by atoms with E-state index in [4.69, 9.17) is 0 Å². The van der Waals surface area contributed by atoms with E-state index in [1.807, 2.05) is 29.2 Å². The van der Waals surface area contributed by atoms with E-state index in [0.29, 0.717) is 13.0 Å². The maximum Gasteiger partial charge on any atom is 1.00 e. The van der Waals surface area contributed by atoms with Crippen LogP contribution in [-0.4, -0.2) is 48.8 Å². The molecular formula is C7H13CsN2O3S. The average Bonchev–Trinajstić information content (AvgIpc) is 2.33. The third kappa shape index (κ3) is 6.72. The van der Waals surface area contributed by atoms with E-state index in [9.17, 15) is 13.0 Å². The van der Waals surface area contributed by atoms with Gasteiger partial charge in [-0.05, 0) is 6.42 Å². The fourth-order valence-electron chi connectivity index (χ4n) is 1.18. The van der Waals surface area contributed by atoms with Crippen LogP contribution >= 0.6 is 0 Å². The average molecular weight is 338 g/mol. The Morgan fingerprint density at radius 2 is 2.07 bits per heavy atom. The molecule has 0 unspecified atom stereocenters. The largest absolute Gasteiger partial charge is 1.00 e. The Labute approximate surface area is 144 Å². The topological polar surface area (TPSA) is 63.7 Å². The molecule has 76 valence electrons. The summed E-state index contributed by atoms with van der Waals surface area (Å²) in [6, 6.07) is 0. The van der Waals surface area contributed by atoms with Crippen LogP contribution in [0, 0.1) is 0 Å². The number of rotatable bonds is 4. The Kier molecular flexibility index (Phi) is 7.42. The molecule has 0 N–H and O–H groups in total. The van der Waals surface area contributed by atoms with Crippen LogP contribution in [0.15, 0.2) is 12.4 Å². The Balaban J connectivity index is 0.00000169. The van der Waals surface area contributed by atoms with Gasteiger partial charge in [0.05, 0.1) is 16.8 Å². The summed E-state index contributed by atoms with van der Waals surface area (Å²) in [7, 11) is -2.11. The van der Waals surface area contributed by atoms with Crippen LogP contribution in [0.3, 0.4) is 0 Å². The fourth-order valence-corrected chi connectivity index (χ4v) is 1.66. The van der Waals surface area contributed by atoms with Crippen molar-refractivity contribution >= 4 is 10.1 Å². The molecule has 0 fully saturated rings. The minimum absolute atomic E-state index is 0. The van der Waals surface area contributed by atoms with Gasteiger partial charge in [-0.2, -0.15) is 0 Å². The summed E-state index contributed by atoms with van der Waals surface area (Å²) in [5, 5.41) is 0. The molecule has 14 heavy (non-hydrogen) atoms. The molecule has 0 aromatic heterocycles. The van der Waals surface area contributed by atoms with Gasteiger partial charge in [0, 0.05) is 31.7 Å². The van der Waals surface area contributed by atoms with Gasteiger partial charge in [-0.1, -0.05) is 0 Å². The van der Waals surface area contributed by atoms with Crippen molar-refractivity contribution in [2.75, 3.05) is 26.0 Å². The minimum Gasteiger partial charge on any atom is -0.748 e. The summed E-state index contributed by atoms with van der Waals surface area (Å²) in [6.07, 6.45) is 4.19. The molecule has 0 atom stereocenters. The number of nitrogens with zero attached hydrogens (tertiary/aromatic N) is 2. The molecule has 5 nitrogen and oxygen atoms in total. The summed E-state index contributed by atoms with van der Waals surface area (Å²) in [5.74, 6) is -0.277. The third-order valence-corrected chi connectivity index (χ3v) is 2.57. The molecule has 0 saturated heterocycles. The molecule has 1 aliphatic heterocycles. The normalized spacial score (nSPS) is 15.9. The second-order valence-corrected chi connectivity index (χ2v) is 4.65. The van der Waals surface area contributed by atoms with Crippen LogP contribution in [0.2, 0.25) is 0 Å². The molecular weight excluding hydrogens is 325 g/mol. The summed E-state index contributed by atoms with van der Waals surface area (Å²) in [4.78, 5) is 3.94. The van der Waals surface area contributed by atoms with Crippen LogP contribution in [0.1, 0.15) is 6.42 Å². The second-order valence-electron chi connectivity index (χ2n) is 3.12. The van der Waals surface area contributed by atoms with Crippen molar-refractivity contribution in [3.05, 3.63) is 12.4 Å². The van der Waals surface area contributed by atoms with Gasteiger partial charge >= 0.3 is 68.9 Å². The van der Waals surface area contributed by atoms with Crippen LogP contribution in [0.5, 0.6) is 0 Å². The van der Waals surface area contributed by atoms with Crippen LogP contribution < -0.4 is 68.9 Å². The predicted octanol–water partition coefficient (Wildman–Crippen LogP) is -3.40. The van der Waals surface area contributed by atoms with E-state index in [1.54, 1.807) is 0 Å². The molecule has 7 heteroatoms. The van der Waals surface area contributed by atoms with Gasteiger partial charge in [0.1, 0.15) is 0 Å². The minimum atomic E-state index is -4.04. The molecule has 1 rings (SSSR count). The van der Waals surface area contributed by atoms with Gasteiger partial charge in [0.15, 0.2) is 0 Å². The van der Waals surface area contributed by atoms with Gasteiger partial charge in [-0.3, -0.25) is 0 Å². The van der Waals surface area contributed by atoms with Gasteiger partial charge in [0.2, 0.25) is 0 Å². The van der Waals surface area contributed by atoms with E-state index in [2.05, 4.69) is 0 Å². The molecule has 0 bridgehead atoms. The number of hydrogen-bond acceptors (Lipinski definition) is 5. The third-order valence-electron chi connectivity index (χ3n) is 1.78. The summed E-state index contributed by atoms with van der Waals surface area (Å²) in [6.45, 7) is 1.38. The second kappa shape index (κ2) is 6.79. The Bertz CT molecular complexity index is 291. The van der Waals surface area contributed by atoms with Gasteiger partial charge in [0.25, 0.3) is 0 Å². The fraction of sp³-hybridized carbons (Fsp3) is 0.714. The van der Waals surface area contributed by atoms with Crippen LogP contribution in [0.4, 0.5) is 0 Å². The molecule has 0 amide bonds. The standard InChI is InChI=1S/C7H14N2O3S.Cs/c1-8-4-5-9(7-8)3-2-6-13(10,11)12;/h4-5H,2-3,6-7H2,1H3,(H,10,11,12);/q;+1/p-1. The Morgan fingerprint density at radius 3 is 2.50 bits per heavy atom. The van der Waals surface area contributed by atoms with Crippen molar-refractivity contribution in [3.63, 3.8) is 0 Å². The van der Waals surface area contributed by atoms with E-state index < -0.39 is 10.1 Å². The number of hydrogen-bond donors (Lipinski definition) is 0. The predicted molar refractivity (Wildman–Crippen MR) is 47.7 cm³/mol. The summed E-state index contributed by atoms with van der Waals surface area (Å²) >= 11 is 0. The van der Waals surface area contributed by atoms with Gasteiger partial charge < -0.3 is 14.4 Å². The van der Waals surface area contributed by atoms with Crippen molar-refractivity contribution in [2.45, 2.75) is 6.42 Å². The quantitative estimate of drug-likeness (QED) is 0.500. The van der Waals surface area contributed by atoms with Crippen LogP contribution in [-0.2, 0) is 10.1 Å². The van der Waals surface area contributed by atoms with Crippen molar-refractivity contribution in [1.29, 1.82) is 0 Å². The van der Waals surface area contributed by atoms with Crippen molar-refractivity contribution in [2.24, 2.45) is 0 Å². The molecule has 1 heterocycles. The molecule has 0 aromatic carbocycles. The van der Waals surface area contributed by atoms with E-state index in [0.717, 1.165) is 6.67 Å². The van der Waals surface area contributed by atoms with Crippen molar-refractivity contribution in [3.8, 4) is 0 Å². The first-order chi connectivity index (χ1) is 5.97. The van der Waals surface area contributed by atoms with Gasteiger partial charge in [-0.25, -0.2) is 8.42 Å². The summed E-state index contributed by atoms with van der Waals surface area (Å²) in [5.41, 5.74) is 0. The smallest absolute Gasteiger partial charge is 0.748 e. The summed E-state index contributed by atoms with van der Waals surface area (Å²) < 4.78 is 30.8. The maximum atomic E-state index is 10.3. The first kappa shape index (κ1) is 15.3. The Morgan fingerprint density at radius 1 is 1.43 bits per heavy atom. The first-order valence-corrected chi connectivity index (χ1v) is 5.61. The molecule has 0 aliphatic carbocycles. The molecule has 1 aliphatic rings. The first-order valence-electron chi connectivity index (χ1n) is 4.03. The zero-order chi connectivity index (χ0) is 9.90. The molecule has 0 radical (unpaired) electrons. The molecule has 0 saturated carbocycles. The van der Waals surface area contributed by atoms with Crippen molar-refractivity contribution in [1.82, 2.24) is 9.80 Å².